The summed E-state index contributed by atoms with van der Waals surface area (Å²) in [5, 5.41) is 20.1. The lowest BCUT2D eigenvalue weighted by Gasteiger charge is -2.39. The van der Waals surface area contributed by atoms with Gasteiger partial charge in [-0.15, -0.1) is 0 Å². The fourth-order valence-electron chi connectivity index (χ4n) is 2.57. The molecular weight excluding hydrogens is 264 g/mol. The van der Waals surface area contributed by atoms with Crippen molar-refractivity contribution in [3.05, 3.63) is 0 Å². The average molecular weight is 286 g/mol. The molecule has 1 fully saturated rings. The molecule has 0 aromatic carbocycles. The maximum absolute atomic E-state index is 12.2. The van der Waals surface area contributed by atoms with Gasteiger partial charge in [0.05, 0.1) is 0 Å². The minimum atomic E-state index is -1.21. The van der Waals surface area contributed by atoms with E-state index >= 15 is 0 Å². The number of nitrogens with one attached hydrogen (secondary N) is 1. The van der Waals surface area contributed by atoms with Crippen LogP contribution in [0.15, 0.2) is 0 Å². The van der Waals surface area contributed by atoms with Gasteiger partial charge in [0.25, 0.3) is 0 Å². The first-order chi connectivity index (χ1) is 9.32. The van der Waals surface area contributed by atoms with Crippen molar-refractivity contribution < 1.29 is 24.6 Å². The number of carbonyl (C=O) groups excluding carboxylic acids is 1. The number of carbonyl (C=O) groups is 3. The van der Waals surface area contributed by atoms with Gasteiger partial charge in [-0.05, 0) is 39.5 Å². The van der Waals surface area contributed by atoms with Gasteiger partial charge in [-0.3, -0.25) is 4.79 Å². The van der Waals surface area contributed by atoms with Gasteiger partial charge in [0.15, 0.2) is 0 Å². The zero-order chi connectivity index (χ0) is 15.3. The summed E-state index contributed by atoms with van der Waals surface area (Å²) >= 11 is 0. The first kappa shape index (κ1) is 16.3. The van der Waals surface area contributed by atoms with E-state index in [2.05, 4.69) is 5.32 Å². The second kappa shape index (κ2) is 7.12. The van der Waals surface area contributed by atoms with Crippen LogP contribution in [0.2, 0.25) is 0 Å². The van der Waals surface area contributed by atoms with E-state index in [0.29, 0.717) is 0 Å². The molecule has 7 heteroatoms. The number of amides is 2. The minimum Gasteiger partial charge on any atom is -0.481 e. The van der Waals surface area contributed by atoms with Crippen LogP contribution in [0.4, 0.5) is 4.79 Å². The summed E-state index contributed by atoms with van der Waals surface area (Å²) in [7, 11) is 0. The van der Waals surface area contributed by atoms with Gasteiger partial charge in [0, 0.05) is 18.5 Å². The smallest absolute Gasteiger partial charge is 0.326 e. The first-order valence-corrected chi connectivity index (χ1v) is 6.86. The summed E-state index contributed by atoms with van der Waals surface area (Å²) in [6.45, 7) is 3.87. The number of rotatable bonds is 5. The van der Waals surface area contributed by atoms with Crippen molar-refractivity contribution in [1.29, 1.82) is 0 Å². The van der Waals surface area contributed by atoms with Crippen molar-refractivity contribution in [2.24, 2.45) is 0 Å². The van der Waals surface area contributed by atoms with Crippen molar-refractivity contribution >= 4 is 18.0 Å². The van der Waals surface area contributed by atoms with Gasteiger partial charge in [-0.2, -0.15) is 0 Å². The molecule has 1 aliphatic rings. The normalized spacial score (nSPS) is 24.0. The van der Waals surface area contributed by atoms with E-state index < -0.39 is 24.0 Å². The molecule has 0 aromatic rings. The van der Waals surface area contributed by atoms with E-state index in [1.807, 2.05) is 13.8 Å². The van der Waals surface area contributed by atoms with E-state index in [1.54, 1.807) is 4.90 Å². The van der Waals surface area contributed by atoms with Crippen LogP contribution in [0.5, 0.6) is 0 Å². The molecule has 0 radical (unpaired) electrons. The van der Waals surface area contributed by atoms with E-state index in [4.69, 9.17) is 10.2 Å². The molecule has 114 valence electrons. The molecule has 1 heterocycles. The van der Waals surface area contributed by atoms with Crippen molar-refractivity contribution in [3.63, 3.8) is 0 Å². The van der Waals surface area contributed by atoms with Crippen LogP contribution in [0, 0.1) is 0 Å². The van der Waals surface area contributed by atoms with Gasteiger partial charge in [0.2, 0.25) is 0 Å². The molecule has 0 bridgehead atoms. The summed E-state index contributed by atoms with van der Waals surface area (Å²) < 4.78 is 0. The van der Waals surface area contributed by atoms with Crippen LogP contribution >= 0.6 is 0 Å². The lowest BCUT2D eigenvalue weighted by atomic mass is 9.98. The average Bonchev–Trinajstić information content (AvgIpc) is 2.33. The number of hydrogen-bond donors (Lipinski definition) is 3. The van der Waals surface area contributed by atoms with E-state index in [1.165, 1.54) is 0 Å². The molecule has 0 saturated carbocycles. The number of aliphatic carboxylic acids is 2. The summed E-state index contributed by atoms with van der Waals surface area (Å²) in [5.74, 6) is -2.29. The number of nitrogens with zero attached hydrogens (tertiary/aromatic N) is 1. The first-order valence-electron chi connectivity index (χ1n) is 6.86. The Morgan fingerprint density at radius 3 is 2.20 bits per heavy atom. The van der Waals surface area contributed by atoms with Crippen LogP contribution in [-0.4, -0.2) is 51.2 Å². The fourth-order valence-corrected chi connectivity index (χ4v) is 2.57. The van der Waals surface area contributed by atoms with E-state index in [9.17, 15) is 14.4 Å². The van der Waals surface area contributed by atoms with Crippen LogP contribution in [0.1, 0.15) is 46.0 Å². The summed E-state index contributed by atoms with van der Waals surface area (Å²) in [6, 6.07) is -1.47. The van der Waals surface area contributed by atoms with Gasteiger partial charge in [-0.1, -0.05) is 0 Å². The molecule has 0 spiro atoms. The quantitative estimate of drug-likeness (QED) is 0.705. The Labute approximate surface area is 117 Å². The van der Waals surface area contributed by atoms with E-state index in [0.717, 1.165) is 19.3 Å². The van der Waals surface area contributed by atoms with Crippen molar-refractivity contribution in [2.45, 2.75) is 64.1 Å². The van der Waals surface area contributed by atoms with Gasteiger partial charge < -0.3 is 20.4 Å². The predicted octanol–water partition coefficient (Wildman–Crippen LogP) is 1.28. The summed E-state index contributed by atoms with van der Waals surface area (Å²) in [6.07, 6.45) is 2.43. The molecule has 3 N–H and O–H groups in total. The number of piperidine rings is 1. The lowest BCUT2D eigenvalue weighted by molar-refractivity contribution is -0.140. The minimum absolute atomic E-state index is 0.0627. The van der Waals surface area contributed by atoms with Crippen LogP contribution < -0.4 is 5.32 Å². The van der Waals surface area contributed by atoms with Gasteiger partial charge in [-0.25, -0.2) is 9.59 Å². The molecule has 2 amide bonds. The van der Waals surface area contributed by atoms with Crippen molar-refractivity contribution in [3.8, 4) is 0 Å². The Hall–Kier alpha value is -1.79. The molecule has 0 aliphatic carbocycles. The maximum atomic E-state index is 12.2. The second-order valence-electron chi connectivity index (χ2n) is 5.31. The fraction of sp³-hybridized carbons (Fsp3) is 0.769. The highest BCUT2D eigenvalue weighted by atomic mass is 16.4. The topological polar surface area (TPSA) is 107 Å². The third kappa shape index (κ3) is 4.40. The number of carboxylic acids is 2. The monoisotopic (exact) mass is 286 g/mol. The molecule has 20 heavy (non-hydrogen) atoms. The van der Waals surface area contributed by atoms with Crippen LogP contribution in [0.3, 0.4) is 0 Å². The number of carboxylic acid groups (broad SMARTS) is 2. The second-order valence-corrected chi connectivity index (χ2v) is 5.31. The highest BCUT2D eigenvalue weighted by Crippen LogP contribution is 2.22. The molecule has 1 rings (SSSR count). The Morgan fingerprint density at radius 1 is 1.20 bits per heavy atom. The molecule has 1 saturated heterocycles. The largest absolute Gasteiger partial charge is 0.481 e. The Morgan fingerprint density at radius 2 is 1.75 bits per heavy atom. The SMILES string of the molecule is C[C@@H]1CCC[C@H](C)N1C(=O)N[C@@H](CCC(=O)O)C(=O)O. The third-order valence-corrected chi connectivity index (χ3v) is 3.67. The zero-order valence-corrected chi connectivity index (χ0v) is 11.8. The Bertz CT molecular complexity index is 375. The highest BCUT2D eigenvalue weighted by molar-refractivity contribution is 5.83. The molecule has 0 aromatic heterocycles. The standard InChI is InChI=1S/C13H22N2O5/c1-8-4-3-5-9(2)15(8)13(20)14-10(12(18)19)6-7-11(16)17/h8-10H,3-7H2,1-2H3,(H,14,20)(H,16,17)(H,18,19)/t8-,9+,10-/m0/s1. The Balaban J connectivity index is 2.64. The predicted molar refractivity (Wildman–Crippen MR) is 71.4 cm³/mol. The van der Waals surface area contributed by atoms with Crippen molar-refractivity contribution in [2.75, 3.05) is 0 Å². The number of urea groups is 1. The van der Waals surface area contributed by atoms with Gasteiger partial charge >= 0.3 is 18.0 Å². The third-order valence-electron chi connectivity index (χ3n) is 3.67. The summed E-state index contributed by atoms with van der Waals surface area (Å²) in [5.41, 5.74) is 0. The number of hydrogen-bond acceptors (Lipinski definition) is 3. The number of likely N-dealkylation sites (tertiary alicyclic amines) is 1. The molecule has 1 aliphatic heterocycles. The maximum Gasteiger partial charge on any atom is 0.326 e. The van der Waals surface area contributed by atoms with Crippen LogP contribution in [-0.2, 0) is 9.59 Å². The Kier molecular flexibility index (Phi) is 5.79. The van der Waals surface area contributed by atoms with Crippen LogP contribution in [0.25, 0.3) is 0 Å². The molecular formula is C13H22N2O5. The van der Waals surface area contributed by atoms with Gasteiger partial charge in [0.1, 0.15) is 6.04 Å². The lowest BCUT2D eigenvalue weighted by Crippen LogP contribution is -2.55. The van der Waals surface area contributed by atoms with E-state index in [-0.39, 0.29) is 24.9 Å². The highest BCUT2D eigenvalue weighted by Gasteiger charge is 2.31. The zero-order valence-electron chi connectivity index (χ0n) is 11.8. The molecule has 3 atom stereocenters. The molecule has 7 nitrogen and oxygen atoms in total. The van der Waals surface area contributed by atoms with Crippen molar-refractivity contribution in [1.82, 2.24) is 10.2 Å². The summed E-state index contributed by atoms with van der Waals surface area (Å²) in [4.78, 5) is 35.4. The molecule has 0 unspecified atom stereocenters.